The molecule has 0 aliphatic carbocycles. The molecule has 94 valence electrons. The largest absolute Gasteiger partial charge is 0.305 e. The quantitative estimate of drug-likeness (QED) is 0.888. The third-order valence-corrected chi connectivity index (χ3v) is 2.45. The Labute approximate surface area is 110 Å². The van der Waals surface area contributed by atoms with Crippen LogP contribution in [0.4, 0.5) is 5.82 Å². The Bertz CT molecular complexity index is 673. The van der Waals surface area contributed by atoms with Gasteiger partial charge in [-0.25, -0.2) is 9.97 Å². The second kappa shape index (κ2) is 5.27. The highest BCUT2D eigenvalue weighted by Gasteiger charge is 2.10. The number of hydrogen-bond donors (Lipinski definition) is 1. The summed E-state index contributed by atoms with van der Waals surface area (Å²) in [5.74, 6) is 0.0881. The van der Waals surface area contributed by atoms with Crippen LogP contribution in [0.1, 0.15) is 27.4 Å². The number of carbonyl (C=O) groups excluding carboxylic acids is 1. The fourth-order valence-electron chi connectivity index (χ4n) is 1.64. The van der Waals surface area contributed by atoms with Gasteiger partial charge in [-0.1, -0.05) is 6.07 Å². The van der Waals surface area contributed by atoms with E-state index in [0.717, 1.165) is 5.69 Å². The smallest absolute Gasteiger partial charge is 0.275 e. The number of anilines is 1. The van der Waals surface area contributed by atoms with Gasteiger partial charge in [0.15, 0.2) is 0 Å². The summed E-state index contributed by atoms with van der Waals surface area (Å²) >= 11 is 0. The monoisotopic (exact) mass is 252 g/mol. The normalized spacial score (nSPS) is 9.74. The van der Waals surface area contributed by atoms with E-state index in [-0.39, 0.29) is 11.6 Å². The number of rotatable bonds is 2. The summed E-state index contributed by atoms with van der Waals surface area (Å²) in [6.45, 7) is 3.58. The van der Waals surface area contributed by atoms with E-state index in [0.29, 0.717) is 17.1 Å². The molecule has 0 aliphatic rings. The molecular weight excluding hydrogens is 240 g/mol. The molecule has 0 saturated carbocycles. The Morgan fingerprint density at radius 2 is 2.00 bits per heavy atom. The van der Waals surface area contributed by atoms with Crippen LogP contribution in [0.15, 0.2) is 30.3 Å². The van der Waals surface area contributed by atoms with E-state index in [4.69, 9.17) is 5.26 Å². The molecule has 5 heteroatoms. The molecule has 2 aromatic heterocycles. The zero-order valence-electron chi connectivity index (χ0n) is 10.6. The van der Waals surface area contributed by atoms with Crippen molar-refractivity contribution in [3.8, 4) is 6.07 Å². The molecule has 2 rings (SSSR count). The van der Waals surface area contributed by atoms with Gasteiger partial charge in [-0.05, 0) is 38.1 Å². The number of amides is 1. The van der Waals surface area contributed by atoms with Crippen molar-refractivity contribution in [3.63, 3.8) is 0 Å². The predicted molar refractivity (Wildman–Crippen MR) is 70.6 cm³/mol. The van der Waals surface area contributed by atoms with Gasteiger partial charge in [0.05, 0.1) is 11.6 Å². The van der Waals surface area contributed by atoms with Crippen LogP contribution in [0.5, 0.6) is 0 Å². The lowest BCUT2D eigenvalue weighted by atomic mass is 10.2. The van der Waals surface area contributed by atoms with Gasteiger partial charge in [-0.3, -0.25) is 4.79 Å². The number of carbonyl (C=O) groups is 1. The van der Waals surface area contributed by atoms with Gasteiger partial charge in [0.2, 0.25) is 0 Å². The average Bonchev–Trinajstić information content (AvgIpc) is 2.38. The Kier molecular flexibility index (Phi) is 3.53. The van der Waals surface area contributed by atoms with Crippen LogP contribution in [0, 0.1) is 25.2 Å². The molecule has 1 amide bonds. The van der Waals surface area contributed by atoms with Gasteiger partial charge in [-0.2, -0.15) is 5.26 Å². The minimum absolute atomic E-state index is 0.208. The molecule has 5 nitrogen and oxygen atoms in total. The maximum absolute atomic E-state index is 12.0. The topological polar surface area (TPSA) is 78.7 Å². The average molecular weight is 252 g/mol. The van der Waals surface area contributed by atoms with Crippen molar-refractivity contribution in [2.45, 2.75) is 13.8 Å². The molecule has 0 aliphatic heterocycles. The molecule has 0 saturated heterocycles. The fourth-order valence-corrected chi connectivity index (χ4v) is 1.64. The zero-order chi connectivity index (χ0) is 13.8. The van der Waals surface area contributed by atoms with Crippen molar-refractivity contribution < 1.29 is 4.79 Å². The summed E-state index contributed by atoms with van der Waals surface area (Å²) < 4.78 is 0. The van der Waals surface area contributed by atoms with Crippen LogP contribution in [0.25, 0.3) is 0 Å². The van der Waals surface area contributed by atoms with Crippen LogP contribution in [-0.2, 0) is 0 Å². The lowest BCUT2D eigenvalue weighted by Gasteiger charge is -2.05. The molecule has 2 aromatic rings. The van der Waals surface area contributed by atoms with Gasteiger partial charge >= 0.3 is 0 Å². The highest BCUT2D eigenvalue weighted by Crippen LogP contribution is 2.09. The summed E-state index contributed by atoms with van der Waals surface area (Å²) in [6.07, 6.45) is 0. The molecule has 1 N–H and O–H groups in total. The van der Waals surface area contributed by atoms with Crippen molar-refractivity contribution >= 4 is 11.7 Å². The maximum Gasteiger partial charge on any atom is 0.275 e. The minimum Gasteiger partial charge on any atom is -0.305 e. The third-order valence-electron chi connectivity index (χ3n) is 2.45. The van der Waals surface area contributed by atoms with Crippen molar-refractivity contribution in [2.75, 3.05) is 5.32 Å². The van der Waals surface area contributed by atoms with Crippen LogP contribution in [0.2, 0.25) is 0 Å². The van der Waals surface area contributed by atoms with Gasteiger partial charge < -0.3 is 5.32 Å². The number of aromatic nitrogens is 2. The van der Waals surface area contributed by atoms with Gasteiger partial charge in [0.25, 0.3) is 5.91 Å². The predicted octanol–water partition coefficient (Wildman–Crippen LogP) is 2.22. The summed E-state index contributed by atoms with van der Waals surface area (Å²) in [4.78, 5) is 20.3. The van der Waals surface area contributed by atoms with E-state index in [9.17, 15) is 4.79 Å². The van der Waals surface area contributed by atoms with Gasteiger partial charge in [-0.15, -0.1) is 0 Å². The number of nitriles is 1. The van der Waals surface area contributed by atoms with E-state index < -0.39 is 0 Å². The zero-order valence-corrected chi connectivity index (χ0v) is 10.6. The molecular formula is C14H12N4O. The van der Waals surface area contributed by atoms with Gasteiger partial charge in [0.1, 0.15) is 11.5 Å². The van der Waals surface area contributed by atoms with Crippen molar-refractivity contribution in [2.24, 2.45) is 0 Å². The molecule has 0 atom stereocenters. The lowest BCUT2D eigenvalue weighted by molar-refractivity contribution is 0.102. The van der Waals surface area contributed by atoms with Crippen molar-refractivity contribution in [1.82, 2.24) is 9.97 Å². The van der Waals surface area contributed by atoms with Crippen molar-refractivity contribution in [3.05, 3.63) is 53.0 Å². The Hall–Kier alpha value is -2.74. The first-order chi connectivity index (χ1) is 9.08. The number of hydrogen-bond acceptors (Lipinski definition) is 4. The Balaban J connectivity index is 2.25. The molecule has 19 heavy (non-hydrogen) atoms. The Morgan fingerprint density at radius 1 is 1.21 bits per heavy atom. The first-order valence-corrected chi connectivity index (χ1v) is 5.72. The molecule has 0 spiro atoms. The molecule has 0 fully saturated rings. The van der Waals surface area contributed by atoms with Crippen LogP contribution < -0.4 is 5.32 Å². The van der Waals surface area contributed by atoms with E-state index in [1.807, 2.05) is 25.1 Å². The number of nitrogens with zero attached hydrogens (tertiary/aromatic N) is 3. The van der Waals surface area contributed by atoms with E-state index in [1.54, 1.807) is 19.1 Å². The van der Waals surface area contributed by atoms with Crippen molar-refractivity contribution in [1.29, 1.82) is 5.26 Å². The second-order valence-corrected chi connectivity index (χ2v) is 4.11. The number of aryl methyl sites for hydroxylation is 2. The molecule has 0 bridgehead atoms. The lowest BCUT2D eigenvalue weighted by Crippen LogP contribution is -2.15. The fraction of sp³-hybridized carbons (Fsp3) is 0.143. The van der Waals surface area contributed by atoms with Crippen LogP contribution in [0.3, 0.4) is 0 Å². The highest BCUT2D eigenvalue weighted by molar-refractivity contribution is 6.02. The summed E-state index contributed by atoms with van der Waals surface area (Å²) in [6, 6.07) is 10.4. The van der Waals surface area contributed by atoms with Crippen LogP contribution in [-0.4, -0.2) is 15.9 Å². The summed E-state index contributed by atoms with van der Waals surface area (Å²) in [5.41, 5.74) is 2.06. The maximum atomic E-state index is 12.0. The van der Waals surface area contributed by atoms with E-state index in [1.165, 1.54) is 6.07 Å². The van der Waals surface area contributed by atoms with E-state index in [2.05, 4.69) is 15.3 Å². The summed E-state index contributed by atoms with van der Waals surface area (Å²) in [7, 11) is 0. The van der Waals surface area contributed by atoms with E-state index >= 15 is 0 Å². The first kappa shape index (κ1) is 12.7. The molecule has 0 unspecified atom stereocenters. The van der Waals surface area contributed by atoms with Gasteiger partial charge in [0, 0.05) is 11.4 Å². The molecule has 2 heterocycles. The standard InChI is InChI=1S/C14H12N4O/c1-9-4-3-5-13(17-9)18-14(19)12-7-11(8-15)6-10(2)16-12/h3-7H,1-2H3,(H,17,18,19). The second-order valence-electron chi connectivity index (χ2n) is 4.11. The Morgan fingerprint density at radius 3 is 2.68 bits per heavy atom. The molecule has 0 aromatic carbocycles. The third kappa shape index (κ3) is 3.13. The first-order valence-electron chi connectivity index (χ1n) is 5.72. The SMILES string of the molecule is Cc1cccc(NC(=O)c2cc(C#N)cc(C)n2)n1. The molecule has 0 radical (unpaired) electrons. The minimum atomic E-state index is -0.377. The highest BCUT2D eigenvalue weighted by atomic mass is 16.1. The summed E-state index contributed by atoms with van der Waals surface area (Å²) in [5, 5.41) is 11.5. The van der Waals surface area contributed by atoms with Crippen LogP contribution >= 0.6 is 0 Å². The number of pyridine rings is 2. The number of nitrogens with one attached hydrogen (secondary N) is 1.